The quantitative estimate of drug-likeness (QED) is 0.745. The Labute approximate surface area is 77.6 Å². The summed E-state index contributed by atoms with van der Waals surface area (Å²) in [6, 6.07) is 6.51. The number of aliphatic hydroxyl groups is 1. The maximum Gasteiger partial charge on any atom is 0.123 e. The van der Waals surface area contributed by atoms with Crippen LogP contribution in [0.1, 0.15) is 13.8 Å². The lowest BCUT2D eigenvalue weighted by Crippen LogP contribution is -2.25. The molecule has 2 atom stereocenters. The van der Waals surface area contributed by atoms with Gasteiger partial charge in [-0.1, -0.05) is 6.07 Å². The monoisotopic (exact) mass is 182 g/mol. The number of hydrogen-bond acceptors (Lipinski definition) is 3. The molecular weight excluding hydrogens is 168 g/mol. The van der Waals surface area contributed by atoms with Gasteiger partial charge in [0.05, 0.1) is 6.10 Å². The van der Waals surface area contributed by atoms with Gasteiger partial charge in [0, 0.05) is 6.07 Å². The van der Waals surface area contributed by atoms with Crippen molar-refractivity contribution in [2.75, 3.05) is 0 Å². The molecule has 13 heavy (non-hydrogen) atoms. The van der Waals surface area contributed by atoms with Crippen LogP contribution in [0.15, 0.2) is 24.3 Å². The van der Waals surface area contributed by atoms with Crippen molar-refractivity contribution in [2.24, 2.45) is 0 Å². The lowest BCUT2D eigenvalue weighted by molar-refractivity contribution is 0.0603. The molecular formula is C10H14O3. The Balaban J connectivity index is 2.64. The highest BCUT2D eigenvalue weighted by Crippen LogP contribution is 2.19. The van der Waals surface area contributed by atoms with E-state index in [4.69, 9.17) is 14.9 Å². The van der Waals surface area contributed by atoms with Crippen molar-refractivity contribution in [1.82, 2.24) is 0 Å². The lowest BCUT2D eigenvalue weighted by atomic mass is 10.2. The van der Waals surface area contributed by atoms with Crippen molar-refractivity contribution in [3.8, 4) is 11.5 Å². The van der Waals surface area contributed by atoms with Gasteiger partial charge in [-0.05, 0) is 26.0 Å². The smallest absolute Gasteiger partial charge is 0.123 e. The average molecular weight is 182 g/mol. The zero-order valence-electron chi connectivity index (χ0n) is 7.77. The Morgan fingerprint density at radius 2 is 2.00 bits per heavy atom. The number of phenols is 1. The summed E-state index contributed by atoms with van der Waals surface area (Å²) in [5.41, 5.74) is 0. The van der Waals surface area contributed by atoms with Crippen LogP contribution in [0.25, 0.3) is 0 Å². The van der Waals surface area contributed by atoms with E-state index in [9.17, 15) is 0 Å². The summed E-state index contributed by atoms with van der Waals surface area (Å²) in [5.74, 6) is 0.726. The fourth-order valence-corrected chi connectivity index (χ4v) is 0.870. The maximum atomic E-state index is 9.16. The molecule has 1 rings (SSSR count). The summed E-state index contributed by atoms with van der Waals surface area (Å²) in [4.78, 5) is 0. The molecule has 0 heterocycles. The molecule has 0 aliphatic carbocycles. The van der Waals surface area contributed by atoms with Crippen LogP contribution in [0.2, 0.25) is 0 Å². The molecule has 0 unspecified atom stereocenters. The lowest BCUT2D eigenvalue weighted by Gasteiger charge is -2.16. The predicted molar refractivity (Wildman–Crippen MR) is 49.9 cm³/mol. The first-order chi connectivity index (χ1) is 6.09. The zero-order chi connectivity index (χ0) is 9.84. The normalized spacial score (nSPS) is 15.0. The van der Waals surface area contributed by atoms with Gasteiger partial charge in [0.25, 0.3) is 0 Å². The fraction of sp³-hybridized carbons (Fsp3) is 0.400. The van der Waals surface area contributed by atoms with Crippen LogP contribution in [0.3, 0.4) is 0 Å². The molecule has 1 aromatic rings. The molecule has 0 bridgehead atoms. The van der Waals surface area contributed by atoms with Gasteiger partial charge >= 0.3 is 0 Å². The second-order valence-corrected chi connectivity index (χ2v) is 3.06. The average Bonchev–Trinajstić information content (AvgIpc) is 2.04. The minimum absolute atomic E-state index is 0.162. The van der Waals surface area contributed by atoms with Crippen LogP contribution in [0.4, 0.5) is 0 Å². The van der Waals surface area contributed by atoms with E-state index in [0.717, 1.165) is 0 Å². The molecule has 0 fully saturated rings. The topological polar surface area (TPSA) is 49.7 Å². The van der Waals surface area contributed by atoms with Crippen molar-refractivity contribution in [3.63, 3.8) is 0 Å². The summed E-state index contributed by atoms with van der Waals surface area (Å²) in [5, 5.41) is 18.3. The Kier molecular flexibility index (Phi) is 3.14. The number of rotatable bonds is 3. The van der Waals surface area contributed by atoms with Gasteiger partial charge in [-0.3, -0.25) is 0 Å². The van der Waals surface area contributed by atoms with Crippen LogP contribution in [0, 0.1) is 0 Å². The SMILES string of the molecule is C[C@H](Oc1cccc(O)c1)[C@@H](C)O. The van der Waals surface area contributed by atoms with Gasteiger partial charge in [-0.25, -0.2) is 0 Å². The van der Waals surface area contributed by atoms with E-state index in [1.54, 1.807) is 32.0 Å². The summed E-state index contributed by atoms with van der Waals surface area (Å²) < 4.78 is 5.35. The number of hydrogen-bond donors (Lipinski definition) is 2. The zero-order valence-corrected chi connectivity index (χ0v) is 7.77. The third-order valence-corrected chi connectivity index (χ3v) is 1.82. The molecule has 2 N–H and O–H groups in total. The van der Waals surface area contributed by atoms with Gasteiger partial charge in [-0.15, -0.1) is 0 Å². The molecule has 0 saturated heterocycles. The van der Waals surface area contributed by atoms with E-state index in [0.29, 0.717) is 5.75 Å². The first-order valence-corrected chi connectivity index (χ1v) is 4.23. The van der Waals surface area contributed by atoms with E-state index in [1.165, 1.54) is 6.07 Å². The minimum atomic E-state index is -0.526. The van der Waals surface area contributed by atoms with Gasteiger partial charge < -0.3 is 14.9 Å². The summed E-state index contributed by atoms with van der Waals surface area (Å²) in [7, 11) is 0. The van der Waals surface area contributed by atoms with Crippen LogP contribution in [-0.4, -0.2) is 22.4 Å². The Hall–Kier alpha value is -1.22. The largest absolute Gasteiger partial charge is 0.508 e. The standard InChI is InChI=1S/C10H14O3/c1-7(11)8(2)13-10-5-3-4-9(12)6-10/h3-8,11-12H,1-2H3/t7-,8+/m1/s1. The van der Waals surface area contributed by atoms with Crippen molar-refractivity contribution in [3.05, 3.63) is 24.3 Å². The third kappa shape index (κ3) is 2.95. The molecule has 0 aliphatic heterocycles. The molecule has 0 aliphatic rings. The Morgan fingerprint density at radius 3 is 2.54 bits per heavy atom. The Bertz CT molecular complexity index is 271. The van der Waals surface area contributed by atoms with E-state index >= 15 is 0 Å². The highest BCUT2D eigenvalue weighted by atomic mass is 16.5. The van der Waals surface area contributed by atoms with E-state index in [2.05, 4.69) is 0 Å². The second kappa shape index (κ2) is 4.14. The number of aromatic hydroxyl groups is 1. The highest BCUT2D eigenvalue weighted by Gasteiger charge is 2.09. The van der Waals surface area contributed by atoms with E-state index in [-0.39, 0.29) is 11.9 Å². The van der Waals surface area contributed by atoms with Crippen molar-refractivity contribution >= 4 is 0 Å². The third-order valence-electron chi connectivity index (χ3n) is 1.82. The predicted octanol–water partition coefficient (Wildman–Crippen LogP) is 1.54. The summed E-state index contributed by atoms with van der Waals surface area (Å²) in [6.45, 7) is 3.43. The summed E-state index contributed by atoms with van der Waals surface area (Å²) >= 11 is 0. The van der Waals surface area contributed by atoms with Crippen LogP contribution in [0.5, 0.6) is 11.5 Å². The fourth-order valence-electron chi connectivity index (χ4n) is 0.870. The number of ether oxygens (including phenoxy) is 1. The molecule has 3 nitrogen and oxygen atoms in total. The number of phenolic OH excluding ortho intramolecular Hbond substituents is 1. The number of aliphatic hydroxyl groups excluding tert-OH is 1. The molecule has 0 aromatic heterocycles. The van der Waals surface area contributed by atoms with E-state index in [1.807, 2.05) is 0 Å². The molecule has 0 radical (unpaired) electrons. The molecule has 72 valence electrons. The van der Waals surface area contributed by atoms with E-state index < -0.39 is 6.10 Å². The maximum absolute atomic E-state index is 9.16. The first kappa shape index (κ1) is 9.86. The van der Waals surface area contributed by atoms with Crippen molar-refractivity contribution in [1.29, 1.82) is 0 Å². The van der Waals surface area contributed by atoms with Crippen LogP contribution >= 0.6 is 0 Å². The van der Waals surface area contributed by atoms with Gasteiger partial charge in [-0.2, -0.15) is 0 Å². The molecule has 0 saturated carbocycles. The molecule has 0 spiro atoms. The first-order valence-electron chi connectivity index (χ1n) is 4.23. The number of benzene rings is 1. The Morgan fingerprint density at radius 1 is 1.31 bits per heavy atom. The summed E-state index contributed by atoms with van der Waals surface area (Å²) in [6.07, 6.45) is -0.802. The van der Waals surface area contributed by atoms with Crippen LogP contribution < -0.4 is 4.74 Å². The van der Waals surface area contributed by atoms with Gasteiger partial charge in [0.15, 0.2) is 0 Å². The molecule has 1 aromatic carbocycles. The van der Waals surface area contributed by atoms with Gasteiger partial charge in [0.2, 0.25) is 0 Å². The van der Waals surface area contributed by atoms with Crippen LogP contribution in [-0.2, 0) is 0 Å². The second-order valence-electron chi connectivity index (χ2n) is 3.06. The van der Waals surface area contributed by atoms with Gasteiger partial charge in [0.1, 0.15) is 17.6 Å². The highest BCUT2D eigenvalue weighted by molar-refractivity contribution is 5.31. The van der Waals surface area contributed by atoms with Crippen molar-refractivity contribution in [2.45, 2.75) is 26.1 Å². The molecule has 0 amide bonds. The molecule has 3 heteroatoms. The minimum Gasteiger partial charge on any atom is -0.508 e. The van der Waals surface area contributed by atoms with Crippen molar-refractivity contribution < 1.29 is 14.9 Å².